The van der Waals surface area contributed by atoms with Crippen molar-refractivity contribution in [3.8, 4) is 11.9 Å². The third kappa shape index (κ3) is 3.45. The van der Waals surface area contributed by atoms with Crippen LogP contribution in [0.4, 0.5) is 8.78 Å². The Labute approximate surface area is 195 Å². The van der Waals surface area contributed by atoms with Crippen molar-refractivity contribution in [1.82, 2.24) is 24.5 Å². The van der Waals surface area contributed by atoms with Crippen molar-refractivity contribution in [2.45, 2.75) is 31.0 Å². The van der Waals surface area contributed by atoms with E-state index in [-0.39, 0.29) is 46.9 Å². The van der Waals surface area contributed by atoms with E-state index in [1.807, 2.05) is 0 Å². The number of aryl methyl sites for hydroxylation is 1. The van der Waals surface area contributed by atoms with Crippen LogP contribution in [0.1, 0.15) is 5.56 Å². The van der Waals surface area contributed by atoms with Crippen LogP contribution in [0, 0.1) is 11.6 Å². The molecule has 1 unspecified atom stereocenters. The Bertz CT molecular complexity index is 1410. The molecule has 10 nitrogen and oxygen atoms in total. The molecular formula is C21H18ClF2N5O5. The van der Waals surface area contributed by atoms with E-state index in [9.17, 15) is 13.9 Å². The zero-order valence-electron chi connectivity index (χ0n) is 17.7. The average molecular weight is 494 g/mol. The monoisotopic (exact) mass is 493 g/mol. The van der Waals surface area contributed by atoms with Gasteiger partial charge in [-0.1, -0.05) is 11.6 Å². The summed E-state index contributed by atoms with van der Waals surface area (Å²) in [5, 5.41) is 9.98. The van der Waals surface area contributed by atoms with Gasteiger partial charge in [-0.2, -0.15) is 9.97 Å². The number of rotatable bonds is 5. The van der Waals surface area contributed by atoms with Gasteiger partial charge in [0, 0.05) is 13.1 Å². The number of imidazole rings is 2. The van der Waals surface area contributed by atoms with Crippen LogP contribution >= 0.6 is 11.6 Å². The molecule has 2 saturated heterocycles. The number of H-pyrrole nitrogens is 1. The molecule has 0 bridgehead atoms. The molecule has 0 amide bonds. The first-order chi connectivity index (χ1) is 16.4. The minimum Gasteiger partial charge on any atom is -0.471 e. The average Bonchev–Trinajstić information content (AvgIpc) is 3.55. The minimum atomic E-state index is -0.806. The molecule has 0 spiro atoms. The Morgan fingerprint density at radius 1 is 1.24 bits per heavy atom. The lowest BCUT2D eigenvalue weighted by atomic mass is 10.1. The molecule has 6 rings (SSSR count). The zero-order valence-corrected chi connectivity index (χ0v) is 18.4. The molecule has 4 aromatic rings. The summed E-state index contributed by atoms with van der Waals surface area (Å²) in [7, 11) is 1.65. The molecule has 0 aliphatic carbocycles. The van der Waals surface area contributed by atoms with E-state index in [1.54, 1.807) is 7.05 Å². The Kier molecular flexibility index (Phi) is 5.06. The fourth-order valence-corrected chi connectivity index (χ4v) is 4.44. The third-order valence-electron chi connectivity index (χ3n) is 5.98. The molecule has 13 heteroatoms. The number of aromatic amines is 1. The molecular weight excluding hydrogens is 476 g/mol. The molecule has 1 aromatic carbocycles. The first-order valence-corrected chi connectivity index (χ1v) is 10.8. The van der Waals surface area contributed by atoms with Crippen LogP contribution in [0.2, 0.25) is 5.02 Å². The molecule has 5 heterocycles. The lowest BCUT2D eigenvalue weighted by Gasteiger charge is -2.15. The standard InChI is InChI=1S/C21H18ClF2N5O5/c1-29-7-25-16-12(29)3-10(23)8(15(16)24)4-33-20-9(22)2-11-19(27-20)28-21(26-11)34-14-6-32-17-13(30)5-31-18(14)17/h2-3,7,13-14,17-18,30H,4-6H2,1H3,(H,26,27,28)/t13-,14-,17?,18-/m1/s1. The van der Waals surface area contributed by atoms with Gasteiger partial charge in [0.1, 0.15) is 41.3 Å². The summed E-state index contributed by atoms with van der Waals surface area (Å²) in [6.07, 6.45) is -0.586. The number of hydrogen-bond donors (Lipinski definition) is 2. The molecule has 0 saturated carbocycles. The second-order valence-electron chi connectivity index (χ2n) is 8.17. The minimum absolute atomic E-state index is 0.0429. The number of ether oxygens (including phenoxy) is 4. The van der Waals surface area contributed by atoms with Crippen molar-refractivity contribution in [2.24, 2.45) is 7.05 Å². The molecule has 178 valence electrons. The molecule has 2 aliphatic heterocycles. The maximum absolute atomic E-state index is 14.8. The summed E-state index contributed by atoms with van der Waals surface area (Å²) in [4.78, 5) is 15.5. The second kappa shape index (κ2) is 8.01. The number of benzene rings is 1. The maximum Gasteiger partial charge on any atom is 0.296 e. The second-order valence-corrected chi connectivity index (χ2v) is 8.58. The highest BCUT2D eigenvalue weighted by Crippen LogP contribution is 2.32. The van der Waals surface area contributed by atoms with E-state index in [4.69, 9.17) is 30.5 Å². The van der Waals surface area contributed by atoms with Crippen LogP contribution in [0.15, 0.2) is 18.5 Å². The number of nitrogens with one attached hydrogen (secondary N) is 1. The molecule has 2 aliphatic rings. The molecule has 34 heavy (non-hydrogen) atoms. The van der Waals surface area contributed by atoms with E-state index >= 15 is 0 Å². The molecule has 2 N–H and O–H groups in total. The summed E-state index contributed by atoms with van der Waals surface area (Å²) < 4.78 is 53.3. The van der Waals surface area contributed by atoms with Crippen LogP contribution in [-0.2, 0) is 23.1 Å². The predicted molar refractivity (Wildman–Crippen MR) is 114 cm³/mol. The van der Waals surface area contributed by atoms with E-state index in [0.717, 1.165) is 0 Å². The summed E-state index contributed by atoms with van der Waals surface area (Å²) in [6, 6.07) is 2.88. The van der Waals surface area contributed by atoms with Gasteiger partial charge in [0.05, 0.1) is 36.1 Å². The number of halogens is 3. The fourth-order valence-electron chi connectivity index (χ4n) is 4.23. The normalized spacial score (nSPS) is 24.3. The predicted octanol–water partition coefficient (Wildman–Crippen LogP) is 2.26. The van der Waals surface area contributed by atoms with Gasteiger partial charge in [-0.3, -0.25) is 0 Å². The number of pyridine rings is 1. The van der Waals surface area contributed by atoms with Gasteiger partial charge in [0.15, 0.2) is 17.6 Å². The number of fused-ring (bicyclic) bond motifs is 3. The Morgan fingerprint density at radius 3 is 2.91 bits per heavy atom. The smallest absolute Gasteiger partial charge is 0.296 e. The van der Waals surface area contributed by atoms with E-state index < -0.39 is 42.7 Å². The van der Waals surface area contributed by atoms with Crippen molar-refractivity contribution in [1.29, 1.82) is 0 Å². The van der Waals surface area contributed by atoms with Crippen molar-refractivity contribution in [3.63, 3.8) is 0 Å². The van der Waals surface area contributed by atoms with Crippen LogP contribution in [-0.4, -0.2) is 67.2 Å². The van der Waals surface area contributed by atoms with Gasteiger partial charge in [-0.15, -0.1) is 0 Å². The Morgan fingerprint density at radius 2 is 2.06 bits per heavy atom. The molecule has 0 radical (unpaired) electrons. The maximum atomic E-state index is 14.8. The first-order valence-electron chi connectivity index (χ1n) is 10.4. The highest BCUT2D eigenvalue weighted by Gasteiger charge is 2.48. The van der Waals surface area contributed by atoms with Gasteiger partial charge in [-0.25, -0.2) is 13.8 Å². The zero-order chi connectivity index (χ0) is 23.6. The fraction of sp³-hybridized carbons (Fsp3) is 0.381. The number of hydrogen-bond acceptors (Lipinski definition) is 8. The lowest BCUT2D eigenvalue weighted by molar-refractivity contribution is 0.00706. The van der Waals surface area contributed by atoms with Crippen molar-refractivity contribution in [2.75, 3.05) is 13.2 Å². The highest BCUT2D eigenvalue weighted by molar-refractivity contribution is 6.32. The Balaban J connectivity index is 1.22. The van der Waals surface area contributed by atoms with Crippen LogP contribution in [0.3, 0.4) is 0 Å². The van der Waals surface area contributed by atoms with Gasteiger partial charge >= 0.3 is 0 Å². The Hall–Kier alpha value is -3.06. The molecule has 3 aromatic heterocycles. The number of aromatic nitrogens is 5. The van der Waals surface area contributed by atoms with Crippen molar-refractivity contribution in [3.05, 3.63) is 40.7 Å². The molecule has 2 fully saturated rings. The number of aliphatic hydroxyl groups excluding tert-OH is 1. The summed E-state index contributed by atoms with van der Waals surface area (Å²) in [6.45, 7) is -0.0241. The largest absolute Gasteiger partial charge is 0.471 e. The van der Waals surface area contributed by atoms with Crippen LogP contribution in [0.25, 0.3) is 22.2 Å². The summed E-state index contributed by atoms with van der Waals surface area (Å²) >= 11 is 6.27. The number of aliphatic hydroxyl groups is 1. The summed E-state index contributed by atoms with van der Waals surface area (Å²) in [5.74, 6) is -1.61. The first kappa shape index (κ1) is 21.5. The quantitative estimate of drug-likeness (QED) is 0.435. The van der Waals surface area contributed by atoms with E-state index in [0.29, 0.717) is 11.0 Å². The third-order valence-corrected chi connectivity index (χ3v) is 6.25. The van der Waals surface area contributed by atoms with Crippen molar-refractivity contribution < 1.29 is 32.8 Å². The highest BCUT2D eigenvalue weighted by atomic mass is 35.5. The van der Waals surface area contributed by atoms with Gasteiger partial charge in [0.25, 0.3) is 6.01 Å². The van der Waals surface area contributed by atoms with E-state index in [1.165, 1.54) is 23.0 Å². The molecule has 4 atom stereocenters. The topological polar surface area (TPSA) is 117 Å². The van der Waals surface area contributed by atoms with Gasteiger partial charge in [-0.05, 0) is 6.07 Å². The van der Waals surface area contributed by atoms with Crippen molar-refractivity contribution >= 4 is 33.8 Å². The van der Waals surface area contributed by atoms with Gasteiger partial charge < -0.3 is 33.6 Å². The van der Waals surface area contributed by atoms with E-state index in [2.05, 4.69) is 19.9 Å². The SMILES string of the molecule is Cn1cnc2c(F)c(COc3nc4nc(O[C@@H]5COC6[C@H](O)CO[C@@H]65)[nH]c4cc3Cl)c(F)cc21. The van der Waals surface area contributed by atoms with Crippen LogP contribution in [0.5, 0.6) is 11.9 Å². The lowest BCUT2D eigenvalue weighted by Crippen LogP contribution is -2.34. The number of nitrogens with zero attached hydrogens (tertiary/aromatic N) is 4. The summed E-state index contributed by atoms with van der Waals surface area (Å²) in [5.41, 5.74) is 0.797. The van der Waals surface area contributed by atoms with Crippen LogP contribution < -0.4 is 9.47 Å². The van der Waals surface area contributed by atoms with Gasteiger partial charge in [0.2, 0.25) is 5.88 Å².